The van der Waals surface area contributed by atoms with Crippen LogP contribution in [0.5, 0.6) is 5.75 Å². The number of anilines is 1. The van der Waals surface area contributed by atoms with Crippen LogP contribution < -0.4 is 15.8 Å². The van der Waals surface area contributed by atoms with Gasteiger partial charge in [-0.15, -0.1) is 0 Å². The van der Waals surface area contributed by atoms with Crippen LogP contribution in [0.25, 0.3) is 0 Å². The van der Waals surface area contributed by atoms with Crippen LogP contribution in [0.4, 0.5) is 27.6 Å². The van der Waals surface area contributed by atoms with Crippen molar-refractivity contribution < 1.29 is 45.8 Å². The highest BCUT2D eigenvalue weighted by molar-refractivity contribution is 5.97. The molecule has 8 nitrogen and oxygen atoms in total. The number of carbonyl (C=O) groups is 2. The van der Waals surface area contributed by atoms with Gasteiger partial charge < -0.3 is 25.3 Å². The fourth-order valence-corrected chi connectivity index (χ4v) is 4.62. The van der Waals surface area contributed by atoms with E-state index in [0.29, 0.717) is 13.2 Å². The van der Waals surface area contributed by atoms with Gasteiger partial charge in [0.1, 0.15) is 17.9 Å². The van der Waals surface area contributed by atoms with Crippen LogP contribution in [-0.4, -0.2) is 54.0 Å². The van der Waals surface area contributed by atoms with E-state index in [1.54, 1.807) is 6.92 Å². The van der Waals surface area contributed by atoms with Crippen molar-refractivity contribution in [2.24, 2.45) is 17.6 Å². The number of nitrogens with zero attached hydrogens (tertiary/aromatic N) is 1. The number of halogens is 5. The minimum absolute atomic E-state index is 0.0229. The first kappa shape index (κ1) is 27.7. The number of rotatable bonds is 7. The molecule has 2 fully saturated rings. The maximum absolute atomic E-state index is 15.1. The minimum atomic E-state index is -4.91. The lowest BCUT2D eigenvalue weighted by atomic mass is 9.77. The van der Waals surface area contributed by atoms with Crippen LogP contribution in [0.15, 0.2) is 30.5 Å². The Morgan fingerprint density at radius 1 is 1.24 bits per heavy atom. The first-order valence-corrected chi connectivity index (χ1v) is 11.8. The summed E-state index contributed by atoms with van der Waals surface area (Å²) >= 11 is 0. The summed E-state index contributed by atoms with van der Waals surface area (Å²) in [6, 6.07) is 4.31. The van der Waals surface area contributed by atoms with Crippen LogP contribution in [0.2, 0.25) is 0 Å². The van der Waals surface area contributed by atoms with Gasteiger partial charge in [-0.2, -0.15) is 17.6 Å². The fourth-order valence-electron chi connectivity index (χ4n) is 4.62. The van der Waals surface area contributed by atoms with Crippen molar-refractivity contribution in [1.29, 1.82) is 0 Å². The van der Waals surface area contributed by atoms with Gasteiger partial charge >= 0.3 is 6.18 Å². The molecule has 3 heterocycles. The van der Waals surface area contributed by atoms with Crippen LogP contribution >= 0.6 is 0 Å². The molecule has 1 aromatic carbocycles. The van der Waals surface area contributed by atoms with E-state index in [9.17, 15) is 27.2 Å². The topological polar surface area (TPSA) is 113 Å². The highest BCUT2D eigenvalue weighted by Crippen LogP contribution is 2.55. The molecular weight excluding hydrogens is 517 g/mol. The summed E-state index contributed by atoms with van der Waals surface area (Å²) in [6.45, 7) is 4.28. The second-order valence-electron chi connectivity index (χ2n) is 9.64. The van der Waals surface area contributed by atoms with Gasteiger partial charge in [-0.1, -0.05) is 13.0 Å². The molecule has 0 bridgehead atoms. The Morgan fingerprint density at radius 3 is 2.50 bits per heavy atom. The molecule has 38 heavy (non-hydrogen) atoms. The first-order valence-electron chi connectivity index (χ1n) is 11.8. The lowest BCUT2D eigenvalue weighted by Gasteiger charge is -2.34. The number of hydrogen-bond acceptors (Lipinski definition) is 6. The number of carbonyl (C=O) groups excluding carboxylic acids is 2. The lowest BCUT2D eigenvalue weighted by molar-refractivity contribution is -0.272. The maximum Gasteiger partial charge on any atom is 0.417 e. The summed E-state index contributed by atoms with van der Waals surface area (Å²) in [7, 11) is 0. The number of hydrogen-bond donors (Lipinski definition) is 2. The Hall–Kier alpha value is -3.32. The van der Waals surface area contributed by atoms with E-state index in [4.69, 9.17) is 19.9 Å². The molecular formula is C25H26F5N3O5. The number of benzene rings is 1. The Bertz CT molecular complexity index is 1240. The predicted octanol–water partition coefficient (Wildman–Crippen LogP) is 3.95. The zero-order chi connectivity index (χ0) is 28.0. The third-order valence-corrected chi connectivity index (χ3v) is 7.28. The molecule has 5 atom stereocenters. The standard InChI is InChI=1S/C25H26F5N3O5/c1-11-18(15-4-5-16(26)19(27)20(15)37-12(2)13-9-36-10-13)21(38-24(11,3)25(28,29)30)23(35)33-14-6-7-32-17(8-14)22(31)34/h4-8,11-13,18,21H,9-10H2,1-3H3,(H2,31,34)(H,32,33,35)/t11-,12+,18-,21+,24+/m0/s1. The number of alkyl halides is 3. The molecule has 3 N–H and O–H groups in total. The Morgan fingerprint density at radius 2 is 1.92 bits per heavy atom. The summed E-state index contributed by atoms with van der Waals surface area (Å²) in [5, 5.41) is 2.41. The number of primary amides is 1. The largest absolute Gasteiger partial charge is 0.487 e. The molecule has 1 aromatic heterocycles. The Balaban J connectivity index is 1.76. The third kappa shape index (κ3) is 4.92. The number of amides is 2. The molecule has 0 spiro atoms. The van der Waals surface area contributed by atoms with Crippen molar-refractivity contribution in [3.8, 4) is 5.75 Å². The molecule has 0 unspecified atom stereocenters. The van der Waals surface area contributed by atoms with E-state index in [2.05, 4.69) is 10.3 Å². The van der Waals surface area contributed by atoms with E-state index >= 15 is 4.39 Å². The van der Waals surface area contributed by atoms with Crippen LogP contribution in [0.1, 0.15) is 42.7 Å². The van der Waals surface area contributed by atoms with E-state index in [-0.39, 0.29) is 22.9 Å². The highest BCUT2D eigenvalue weighted by atomic mass is 19.4. The van der Waals surface area contributed by atoms with Crippen LogP contribution in [0.3, 0.4) is 0 Å². The molecule has 13 heteroatoms. The van der Waals surface area contributed by atoms with Crippen molar-refractivity contribution in [3.63, 3.8) is 0 Å². The monoisotopic (exact) mass is 543 g/mol. The molecule has 0 aliphatic carbocycles. The van der Waals surface area contributed by atoms with Gasteiger partial charge in [0.2, 0.25) is 5.82 Å². The molecule has 206 valence electrons. The Kier molecular flexibility index (Phi) is 7.36. The normalized spacial score (nSPS) is 26.5. The van der Waals surface area contributed by atoms with Gasteiger partial charge in [0.05, 0.1) is 13.2 Å². The van der Waals surface area contributed by atoms with Crippen molar-refractivity contribution in [2.75, 3.05) is 18.5 Å². The van der Waals surface area contributed by atoms with Gasteiger partial charge in [0.25, 0.3) is 11.8 Å². The molecule has 2 amide bonds. The number of pyridine rings is 1. The van der Waals surface area contributed by atoms with Gasteiger partial charge in [0.15, 0.2) is 17.2 Å². The SMILES string of the molecule is C[C@@H](Oc1c([C@H]2[C@H](C(=O)Nc3ccnc(C(N)=O)c3)O[C@@](C)(C(F)(F)F)[C@H]2C)ccc(F)c1F)C1COC1. The second-order valence-corrected chi connectivity index (χ2v) is 9.64. The van der Waals surface area contributed by atoms with Gasteiger partial charge in [0, 0.05) is 35.2 Å². The van der Waals surface area contributed by atoms with Gasteiger partial charge in [-0.05, 0) is 32.0 Å². The van der Waals surface area contributed by atoms with Crippen molar-refractivity contribution >= 4 is 17.5 Å². The zero-order valence-electron chi connectivity index (χ0n) is 20.6. The molecule has 2 aliphatic rings. The summed E-state index contributed by atoms with van der Waals surface area (Å²) < 4.78 is 88.2. The second kappa shape index (κ2) is 10.1. The summed E-state index contributed by atoms with van der Waals surface area (Å²) in [5.74, 6) is -8.08. The van der Waals surface area contributed by atoms with Crippen LogP contribution in [-0.2, 0) is 14.3 Å². The quantitative estimate of drug-likeness (QED) is 0.512. The minimum Gasteiger partial charge on any atom is -0.487 e. The number of nitrogens with one attached hydrogen (secondary N) is 1. The van der Waals surface area contributed by atoms with E-state index < -0.39 is 65.0 Å². The van der Waals surface area contributed by atoms with Gasteiger partial charge in [-0.25, -0.2) is 4.39 Å². The Labute approximate surface area is 214 Å². The fraction of sp³-hybridized carbons (Fsp3) is 0.480. The van der Waals surface area contributed by atoms with E-state index in [0.717, 1.165) is 25.1 Å². The zero-order valence-corrected chi connectivity index (χ0v) is 20.6. The smallest absolute Gasteiger partial charge is 0.417 e. The number of aromatic nitrogens is 1. The molecule has 2 saturated heterocycles. The summed E-state index contributed by atoms with van der Waals surface area (Å²) in [4.78, 5) is 28.5. The number of ether oxygens (including phenoxy) is 3. The van der Waals surface area contributed by atoms with Crippen molar-refractivity contribution in [3.05, 3.63) is 53.4 Å². The molecule has 0 saturated carbocycles. The molecule has 2 aliphatic heterocycles. The lowest BCUT2D eigenvalue weighted by Crippen LogP contribution is -2.47. The van der Waals surface area contributed by atoms with Crippen molar-refractivity contribution in [1.82, 2.24) is 4.98 Å². The first-order chi connectivity index (χ1) is 17.7. The predicted molar refractivity (Wildman–Crippen MR) is 123 cm³/mol. The van der Waals surface area contributed by atoms with E-state index in [1.807, 2.05) is 0 Å². The number of nitrogens with two attached hydrogens (primary N) is 1. The maximum atomic E-state index is 15.1. The molecule has 2 aromatic rings. The van der Waals surface area contributed by atoms with Crippen molar-refractivity contribution in [2.45, 2.75) is 50.7 Å². The van der Waals surface area contributed by atoms with Crippen LogP contribution in [0, 0.1) is 23.5 Å². The average molecular weight is 543 g/mol. The average Bonchev–Trinajstić information content (AvgIpc) is 3.08. The highest BCUT2D eigenvalue weighted by Gasteiger charge is 2.66. The molecule has 4 rings (SSSR count). The summed E-state index contributed by atoms with van der Waals surface area (Å²) in [6.07, 6.45) is -6.18. The summed E-state index contributed by atoms with van der Waals surface area (Å²) in [5.41, 5.74) is 2.07. The van der Waals surface area contributed by atoms with Gasteiger partial charge in [-0.3, -0.25) is 14.6 Å². The molecule has 0 radical (unpaired) electrons. The third-order valence-electron chi connectivity index (χ3n) is 7.28. The van der Waals surface area contributed by atoms with E-state index in [1.165, 1.54) is 19.2 Å².